The summed E-state index contributed by atoms with van der Waals surface area (Å²) in [5, 5.41) is 0. The van der Waals surface area contributed by atoms with E-state index in [0.29, 0.717) is 0 Å². The molecule has 0 N–H and O–H groups in total. The zero-order valence-corrected chi connectivity index (χ0v) is 34.3. The highest BCUT2D eigenvalue weighted by Gasteiger charge is 2.40. The molecule has 0 saturated carbocycles. The van der Waals surface area contributed by atoms with Gasteiger partial charge in [0, 0.05) is 29.2 Å². The average Bonchev–Trinajstić information content (AvgIpc) is 3.25. The zero-order valence-electron chi connectivity index (χ0n) is 34.3. The van der Waals surface area contributed by atoms with E-state index in [1.165, 1.54) is 83.7 Å². The maximum Gasteiger partial charge on any atom is 0.284 e. The second kappa shape index (κ2) is 12.8. The van der Waals surface area contributed by atoms with Crippen molar-refractivity contribution in [3.05, 3.63) is 148 Å². The molecule has 0 atom stereocenters. The van der Waals surface area contributed by atoms with E-state index in [9.17, 15) is 0 Å². The molecule has 0 spiro atoms. The van der Waals surface area contributed by atoms with Gasteiger partial charge in [0.1, 0.15) is 0 Å². The average molecular weight is 689 g/mol. The van der Waals surface area contributed by atoms with Crippen LogP contribution in [0, 0.1) is 13.8 Å². The Balaban J connectivity index is 1.67. The standard InChI is InChI=1S/C50H60N2/c1-16-35-19-17-18-20-39(35)46-34(4)42-30-41(33(3)27-43(42)50(46,14)15)44-24-23-38(49(11,12)13)31-52(44)51-26-25-37(48(8,9)10)29-45(51)40-28-36(47(5,6)7)22-21-32(40)2/h16-31H,1H2,2-15H3/q+2. The highest BCUT2D eigenvalue weighted by Crippen LogP contribution is 2.52. The Labute approximate surface area is 314 Å². The minimum absolute atomic E-state index is 0.000696. The van der Waals surface area contributed by atoms with Crippen LogP contribution in [0.5, 0.6) is 0 Å². The van der Waals surface area contributed by atoms with Crippen molar-refractivity contribution in [3.63, 3.8) is 0 Å². The lowest BCUT2D eigenvalue weighted by Crippen LogP contribution is -2.68. The van der Waals surface area contributed by atoms with E-state index >= 15 is 0 Å². The van der Waals surface area contributed by atoms with Gasteiger partial charge in [0.15, 0.2) is 0 Å². The molecule has 6 rings (SSSR count). The van der Waals surface area contributed by atoms with Crippen molar-refractivity contribution in [2.75, 3.05) is 0 Å². The zero-order chi connectivity index (χ0) is 38.1. The normalized spacial score (nSPS) is 14.5. The van der Waals surface area contributed by atoms with Gasteiger partial charge in [-0.05, 0) is 111 Å². The molecular formula is C50H60N2+2. The van der Waals surface area contributed by atoms with Crippen molar-refractivity contribution in [3.8, 4) is 22.5 Å². The Morgan fingerprint density at radius 1 is 0.558 bits per heavy atom. The van der Waals surface area contributed by atoms with Crippen molar-refractivity contribution in [1.29, 1.82) is 0 Å². The highest BCUT2D eigenvalue weighted by atomic mass is 15.5. The van der Waals surface area contributed by atoms with E-state index < -0.39 is 0 Å². The number of aryl methyl sites for hydroxylation is 2. The van der Waals surface area contributed by atoms with Crippen LogP contribution in [0.15, 0.2) is 97.8 Å². The maximum absolute atomic E-state index is 4.16. The smallest absolute Gasteiger partial charge is 0.0984 e. The minimum atomic E-state index is -0.145. The number of fused-ring (bicyclic) bond motifs is 1. The van der Waals surface area contributed by atoms with Crippen molar-refractivity contribution in [2.24, 2.45) is 0 Å². The molecule has 52 heavy (non-hydrogen) atoms. The van der Waals surface area contributed by atoms with Gasteiger partial charge in [-0.3, -0.25) is 0 Å². The van der Waals surface area contributed by atoms with Gasteiger partial charge in [0.25, 0.3) is 11.4 Å². The predicted octanol–water partition coefficient (Wildman–Crippen LogP) is 12.3. The summed E-state index contributed by atoms with van der Waals surface area (Å²) >= 11 is 0. The van der Waals surface area contributed by atoms with Crippen molar-refractivity contribution >= 4 is 17.2 Å². The molecule has 0 aliphatic heterocycles. The quantitative estimate of drug-likeness (QED) is 0.162. The molecule has 0 bridgehead atoms. The summed E-state index contributed by atoms with van der Waals surface area (Å²) in [6.07, 6.45) is 6.64. The molecule has 0 amide bonds. The number of nitrogens with zero attached hydrogens (tertiary/aromatic N) is 2. The summed E-state index contributed by atoms with van der Waals surface area (Å²) in [6.45, 7) is 36.5. The molecule has 0 fully saturated rings. The van der Waals surface area contributed by atoms with Gasteiger partial charge < -0.3 is 0 Å². The number of hydrogen-bond donors (Lipinski definition) is 0. The summed E-state index contributed by atoms with van der Waals surface area (Å²) in [5.74, 6) is 0. The van der Waals surface area contributed by atoms with Crippen LogP contribution in [0.1, 0.15) is 133 Å². The first-order valence-corrected chi connectivity index (χ1v) is 19.0. The summed E-state index contributed by atoms with van der Waals surface area (Å²) in [7, 11) is 0. The van der Waals surface area contributed by atoms with Crippen LogP contribution in [0.3, 0.4) is 0 Å². The van der Waals surface area contributed by atoms with Crippen LogP contribution in [-0.4, -0.2) is 0 Å². The van der Waals surface area contributed by atoms with E-state index in [2.05, 4.69) is 204 Å². The summed E-state index contributed by atoms with van der Waals surface area (Å²) in [5.41, 5.74) is 19.1. The lowest BCUT2D eigenvalue weighted by atomic mass is 9.76. The Bertz CT molecular complexity index is 2250. The Hall–Kier alpha value is -4.56. The van der Waals surface area contributed by atoms with Gasteiger partial charge in [0.2, 0.25) is 12.4 Å². The van der Waals surface area contributed by atoms with Gasteiger partial charge in [-0.1, -0.05) is 131 Å². The van der Waals surface area contributed by atoms with Crippen LogP contribution in [0.25, 0.3) is 39.7 Å². The fraction of sp³-hybridized carbons (Fsp3) is 0.360. The Kier molecular flexibility index (Phi) is 9.18. The largest absolute Gasteiger partial charge is 0.284 e. The van der Waals surface area contributed by atoms with Gasteiger partial charge >= 0.3 is 0 Å². The van der Waals surface area contributed by atoms with Crippen LogP contribution in [-0.2, 0) is 21.7 Å². The summed E-state index contributed by atoms with van der Waals surface area (Å²) in [6, 6.07) is 30.0. The third-order valence-electron chi connectivity index (χ3n) is 11.4. The molecular weight excluding hydrogens is 629 g/mol. The molecule has 2 heteroatoms. The Morgan fingerprint density at radius 2 is 1.15 bits per heavy atom. The Morgan fingerprint density at radius 3 is 1.79 bits per heavy atom. The predicted molar refractivity (Wildman–Crippen MR) is 223 cm³/mol. The molecule has 2 nitrogen and oxygen atoms in total. The molecule has 268 valence electrons. The molecule has 0 unspecified atom stereocenters. The van der Waals surface area contributed by atoms with Gasteiger partial charge in [-0.25, -0.2) is 0 Å². The lowest BCUT2D eigenvalue weighted by Gasteiger charge is -2.27. The van der Waals surface area contributed by atoms with Crippen molar-refractivity contribution in [2.45, 2.75) is 119 Å². The van der Waals surface area contributed by atoms with Crippen LogP contribution < -0.4 is 9.35 Å². The summed E-state index contributed by atoms with van der Waals surface area (Å²) in [4.78, 5) is 0. The van der Waals surface area contributed by atoms with E-state index in [-0.39, 0.29) is 21.7 Å². The first-order valence-electron chi connectivity index (χ1n) is 19.0. The fourth-order valence-electron chi connectivity index (χ4n) is 8.03. The fourth-order valence-corrected chi connectivity index (χ4v) is 8.03. The lowest BCUT2D eigenvalue weighted by molar-refractivity contribution is -1.29. The van der Waals surface area contributed by atoms with Crippen LogP contribution in [0.2, 0.25) is 0 Å². The van der Waals surface area contributed by atoms with Gasteiger partial charge in [0.05, 0.1) is 20.5 Å². The van der Waals surface area contributed by atoms with Crippen molar-refractivity contribution < 1.29 is 9.35 Å². The van der Waals surface area contributed by atoms with Crippen LogP contribution in [0.4, 0.5) is 0 Å². The first-order chi connectivity index (χ1) is 24.1. The highest BCUT2D eigenvalue weighted by molar-refractivity contribution is 6.03. The van der Waals surface area contributed by atoms with Crippen molar-refractivity contribution in [1.82, 2.24) is 0 Å². The second-order valence-electron chi connectivity index (χ2n) is 18.7. The van der Waals surface area contributed by atoms with Gasteiger partial charge in [-0.2, -0.15) is 0 Å². The molecule has 5 aromatic rings. The first kappa shape index (κ1) is 37.2. The monoisotopic (exact) mass is 688 g/mol. The minimum Gasteiger partial charge on any atom is -0.0984 e. The number of rotatable bonds is 5. The van der Waals surface area contributed by atoms with E-state index in [0.717, 1.165) is 0 Å². The molecule has 1 aliphatic rings. The van der Waals surface area contributed by atoms with E-state index in [1.54, 1.807) is 0 Å². The SMILES string of the molecule is C=Cc1ccccc1C1=C(C)c2cc(-c3ccc(C(C)(C)C)c[n+]3-[n+]3ccc(C(C)(C)C)cc3-c3cc(C(C)(C)C)ccc3C)c(C)cc2C1(C)C. The number of aromatic nitrogens is 2. The third-order valence-corrected chi connectivity index (χ3v) is 11.4. The van der Waals surface area contributed by atoms with Gasteiger partial charge in [-0.15, -0.1) is 0 Å². The molecule has 1 aliphatic carbocycles. The molecule has 2 aromatic heterocycles. The summed E-state index contributed by atoms with van der Waals surface area (Å²) < 4.78 is 4.80. The van der Waals surface area contributed by atoms with E-state index in [1.807, 2.05) is 6.08 Å². The maximum atomic E-state index is 4.16. The number of pyridine rings is 2. The molecule has 0 saturated heterocycles. The molecule has 2 heterocycles. The second-order valence-corrected chi connectivity index (χ2v) is 18.7. The number of hydrogen-bond acceptors (Lipinski definition) is 0. The third kappa shape index (κ3) is 6.51. The topological polar surface area (TPSA) is 7.76 Å². The number of allylic oxidation sites excluding steroid dienone is 2. The van der Waals surface area contributed by atoms with E-state index in [4.69, 9.17) is 0 Å². The molecule has 0 radical (unpaired) electrons. The van der Waals surface area contributed by atoms with Crippen LogP contribution >= 0.6 is 0 Å². The number of benzene rings is 3. The molecule has 3 aromatic carbocycles.